The first kappa shape index (κ1) is 17.9. The number of amides is 1. The van der Waals surface area contributed by atoms with Crippen LogP contribution >= 0.6 is 0 Å². The molecule has 0 spiro atoms. The molecule has 2 aromatic carbocycles. The van der Waals surface area contributed by atoms with Crippen LogP contribution < -0.4 is 10.6 Å². The number of nitriles is 1. The molecule has 0 heterocycles. The molecule has 2 rings (SSSR count). The molecule has 0 radical (unpaired) electrons. The number of hydrogen-bond donors (Lipinski definition) is 3. The Morgan fingerprint density at radius 2 is 1.92 bits per heavy atom. The van der Waals surface area contributed by atoms with Gasteiger partial charge in [0.2, 0.25) is 0 Å². The number of carbonyl (C=O) groups is 1. The lowest BCUT2D eigenvalue weighted by molar-refractivity contribution is -0.117. The molecule has 0 aliphatic carbocycles. The number of nitrogens with zero attached hydrogens (tertiary/aromatic N) is 1. The van der Waals surface area contributed by atoms with Gasteiger partial charge in [-0.05, 0) is 36.2 Å². The molecule has 7 heteroatoms. The zero-order chi connectivity index (χ0) is 18.2. The van der Waals surface area contributed by atoms with E-state index in [1.807, 2.05) is 0 Å². The standard InChI is InChI=1S/C18H15F2N3O2/c19-14-3-6-17(16(20)9-14)23-11-13(10-21)18(25)22-8-7-12-1-4-15(24)5-2-12/h1-6,9,11,23-24H,7-8H2,(H,22,25)/b13-11-. The largest absolute Gasteiger partial charge is 0.508 e. The highest BCUT2D eigenvalue weighted by Gasteiger charge is 2.09. The molecular formula is C18H15F2N3O2. The van der Waals surface area contributed by atoms with Crippen LogP contribution in [0.2, 0.25) is 0 Å². The van der Waals surface area contributed by atoms with E-state index in [0.29, 0.717) is 12.5 Å². The van der Waals surface area contributed by atoms with E-state index >= 15 is 0 Å². The quantitative estimate of drug-likeness (QED) is 0.556. The van der Waals surface area contributed by atoms with Crippen LogP contribution in [0.3, 0.4) is 0 Å². The Kier molecular flexibility index (Phi) is 6.07. The van der Waals surface area contributed by atoms with Crippen molar-refractivity contribution < 1.29 is 18.7 Å². The van der Waals surface area contributed by atoms with Gasteiger partial charge in [-0.2, -0.15) is 5.26 Å². The van der Waals surface area contributed by atoms with Crippen molar-refractivity contribution in [3.63, 3.8) is 0 Å². The van der Waals surface area contributed by atoms with Gasteiger partial charge in [-0.25, -0.2) is 8.78 Å². The van der Waals surface area contributed by atoms with Crippen molar-refractivity contribution >= 4 is 11.6 Å². The first-order valence-electron chi connectivity index (χ1n) is 7.37. The van der Waals surface area contributed by atoms with E-state index in [-0.39, 0.29) is 23.6 Å². The summed E-state index contributed by atoms with van der Waals surface area (Å²) >= 11 is 0. The van der Waals surface area contributed by atoms with Crippen molar-refractivity contribution in [1.82, 2.24) is 5.32 Å². The third-order valence-electron chi connectivity index (χ3n) is 3.30. The molecule has 5 nitrogen and oxygen atoms in total. The van der Waals surface area contributed by atoms with Crippen molar-refractivity contribution in [1.29, 1.82) is 5.26 Å². The number of nitrogens with one attached hydrogen (secondary N) is 2. The lowest BCUT2D eigenvalue weighted by Gasteiger charge is -2.06. The summed E-state index contributed by atoms with van der Waals surface area (Å²) in [4.78, 5) is 11.9. The summed E-state index contributed by atoms with van der Waals surface area (Å²) in [6, 6.07) is 11.2. The van der Waals surface area contributed by atoms with Gasteiger partial charge >= 0.3 is 0 Å². The van der Waals surface area contributed by atoms with Crippen LogP contribution in [0.15, 0.2) is 54.2 Å². The third kappa shape index (κ3) is 5.32. The minimum atomic E-state index is -0.832. The van der Waals surface area contributed by atoms with Gasteiger partial charge in [0.15, 0.2) is 0 Å². The number of aromatic hydroxyl groups is 1. The fourth-order valence-electron chi connectivity index (χ4n) is 1.98. The van der Waals surface area contributed by atoms with Crippen LogP contribution in [0, 0.1) is 23.0 Å². The summed E-state index contributed by atoms with van der Waals surface area (Å²) in [5.41, 5.74) is 0.618. The number of hydrogen-bond acceptors (Lipinski definition) is 4. The molecule has 1 amide bonds. The van der Waals surface area contributed by atoms with Gasteiger partial charge in [-0.1, -0.05) is 12.1 Å². The molecule has 25 heavy (non-hydrogen) atoms. The number of benzene rings is 2. The van der Waals surface area contributed by atoms with Crippen molar-refractivity contribution in [3.8, 4) is 11.8 Å². The number of rotatable bonds is 6. The number of phenolic OH excluding ortho intramolecular Hbond substituents is 1. The molecule has 128 valence electrons. The fraction of sp³-hybridized carbons (Fsp3) is 0.111. The van der Waals surface area contributed by atoms with Crippen LogP contribution in [0.5, 0.6) is 5.75 Å². The SMILES string of the molecule is N#C/C(=C/Nc1ccc(F)cc1F)C(=O)NCCc1ccc(O)cc1. The van der Waals surface area contributed by atoms with Gasteiger partial charge in [-0.3, -0.25) is 4.79 Å². The Hall–Kier alpha value is -3.40. The van der Waals surface area contributed by atoms with Crippen LogP contribution in [0.4, 0.5) is 14.5 Å². The summed E-state index contributed by atoms with van der Waals surface area (Å²) in [5.74, 6) is -2.02. The maximum Gasteiger partial charge on any atom is 0.263 e. The van der Waals surface area contributed by atoms with E-state index in [9.17, 15) is 18.7 Å². The van der Waals surface area contributed by atoms with Crippen LogP contribution in [0.25, 0.3) is 0 Å². The second kappa shape index (κ2) is 8.45. The molecule has 0 saturated carbocycles. The molecule has 0 aromatic heterocycles. The minimum Gasteiger partial charge on any atom is -0.508 e. The monoisotopic (exact) mass is 343 g/mol. The highest BCUT2D eigenvalue weighted by Crippen LogP contribution is 2.15. The summed E-state index contributed by atoms with van der Waals surface area (Å²) in [7, 11) is 0. The molecule has 0 aliphatic rings. The van der Waals surface area contributed by atoms with Gasteiger partial charge in [0, 0.05) is 18.8 Å². The van der Waals surface area contributed by atoms with Crippen LogP contribution in [-0.2, 0) is 11.2 Å². The van der Waals surface area contributed by atoms with Gasteiger partial charge in [-0.15, -0.1) is 0 Å². The minimum absolute atomic E-state index is 0.0500. The van der Waals surface area contributed by atoms with Gasteiger partial charge in [0.05, 0.1) is 5.69 Å². The summed E-state index contributed by atoms with van der Waals surface area (Å²) in [6.07, 6.45) is 1.58. The number of anilines is 1. The lowest BCUT2D eigenvalue weighted by Crippen LogP contribution is -2.27. The van der Waals surface area contributed by atoms with E-state index in [4.69, 9.17) is 5.26 Å². The first-order chi connectivity index (χ1) is 12.0. The van der Waals surface area contributed by atoms with E-state index in [2.05, 4.69) is 10.6 Å². The lowest BCUT2D eigenvalue weighted by atomic mass is 10.1. The average Bonchev–Trinajstić information content (AvgIpc) is 2.59. The molecule has 0 bridgehead atoms. The van der Waals surface area contributed by atoms with Crippen LogP contribution in [-0.4, -0.2) is 17.6 Å². The summed E-state index contributed by atoms with van der Waals surface area (Å²) < 4.78 is 26.3. The van der Waals surface area contributed by atoms with Crippen molar-refractivity contribution in [2.24, 2.45) is 0 Å². The number of carbonyl (C=O) groups excluding carboxylic acids is 1. The highest BCUT2D eigenvalue weighted by atomic mass is 19.1. The first-order valence-corrected chi connectivity index (χ1v) is 7.37. The molecular weight excluding hydrogens is 328 g/mol. The van der Waals surface area contributed by atoms with Gasteiger partial charge < -0.3 is 15.7 Å². The Balaban J connectivity index is 1.91. The van der Waals surface area contributed by atoms with E-state index < -0.39 is 17.5 Å². The zero-order valence-electron chi connectivity index (χ0n) is 13.1. The van der Waals surface area contributed by atoms with Gasteiger partial charge in [0.25, 0.3) is 5.91 Å². The molecule has 3 N–H and O–H groups in total. The Bertz CT molecular complexity index is 827. The van der Waals surface area contributed by atoms with E-state index in [0.717, 1.165) is 17.8 Å². The summed E-state index contributed by atoms with van der Waals surface area (Å²) in [6.45, 7) is 0.285. The Morgan fingerprint density at radius 1 is 1.20 bits per heavy atom. The fourth-order valence-corrected chi connectivity index (χ4v) is 1.98. The molecule has 2 aromatic rings. The number of halogens is 2. The van der Waals surface area contributed by atoms with E-state index in [1.165, 1.54) is 6.07 Å². The van der Waals surface area contributed by atoms with Gasteiger partial charge in [0.1, 0.15) is 29.0 Å². The molecule has 0 aliphatic heterocycles. The predicted molar refractivity (Wildman–Crippen MR) is 88.5 cm³/mol. The highest BCUT2D eigenvalue weighted by molar-refractivity contribution is 5.97. The topological polar surface area (TPSA) is 85.2 Å². The Morgan fingerprint density at radius 3 is 2.56 bits per heavy atom. The third-order valence-corrected chi connectivity index (χ3v) is 3.30. The molecule has 0 atom stereocenters. The molecule has 0 fully saturated rings. The maximum atomic E-state index is 13.5. The predicted octanol–water partition coefficient (Wildman–Crippen LogP) is 2.85. The molecule has 0 unspecified atom stereocenters. The van der Waals surface area contributed by atoms with Crippen molar-refractivity contribution in [2.75, 3.05) is 11.9 Å². The zero-order valence-corrected chi connectivity index (χ0v) is 13.1. The second-order valence-corrected chi connectivity index (χ2v) is 5.11. The maximum absolute atomic E-state index is 13.5. The second-order valence-electron chi connectivity index (χ2n) is 5.11. The number of phenols is 1. The van der Waals surface area contributed by atoms with E-state index in [1.54, 1.807) is 30.3 Å². The van der Waals surface area contributed by atoms with Crippen molar-refractivity contribution in [3.05, 3.63) is 71.4 Å². The normalized spacial score (nSPS) is 10.8. The average molecular weight is 343 g/mol. The summed E-state index contributed by atoms with van der Waals surface area (Å²) in [5, 5.41) is 23.3. The molecule has 0 saturated heterocycles. The smallest absolute Gasteiger partial charge is 0.263 e. The van der Waals surface area contributed by atoms with Crippen LogP contribution in [0.1, 0.15) is 5.56 Å². The Labute approximate surface area is 143 Å². The van der Waals surface area contributed by atoms with Crippen molar-refractivity contribution in [2.45, 2.75) is 6.42 Å².